The van der Waals surface area contributed by atoms with Gasteiger partial charge in [0.15, 0.2) is 0 Å². The first-order valence-electron chi connectivity index (χ1n) is 5.47. The summed E-state index contributed by atoms with van der Waals surface area (Å²) in [6, 6.07) is 2.06. The Morgan fingerprint density at radius 3 is 2.76 bits per heavy atom. The lowest BCUT2D eigenvalue weighted by atomic mass is 10.1. The Morgan fingerprint density at radius 2 is 2.24 bits per heavy atom. The molecule has 0 atom stereocenters. The van der Waals surface area contributed by atoms with Gasteiger partial charge in [-0.2, -0.15) is 5.26 Å². The van der Waals surface area contributed by atoms with Gasteiger partial charge in [0.2, 0.25) is 0 Å². The Kier molecular flexibility index (Phi) is 4.61. The zero-order chi connectivity index (χ0) is 12.9. The number of aliphatic hydroxyl groups is 1. The van der Waals surface area contributed by atoms with Crippen LogP contribution in [0.5, 0.6) is 0 Å². The monoisotopic (exact) mass is 238 g/mol. The molecule has 0 aliphatic carbocycles. The SMILES string of the molecule is COCCc1c(CC#N)nnn1CC(C)(C)O. The molecule has 1 heterocycles. The number of ether oxygens (including phenoxy) is 1. The molecule has 0 aliphatic rings. The second kappa shape index (κ2) is 5.75. The Balaban J connectivity index is 2.92. The minimum absolute atomic E-state index is 0.227. The highest BCUT2D eigenvalue weighted by atomic mass is 16.5. The summed E-state index contributed by atoms with van der Waals surface area (Å²) in [5.74, 6) is 0. The topological polar surface area (TPSA) is 84.0 Å². The fraction of sp³-hybridized carbons (Fsp3) is 0.727. The molecule has 0 aromatic carbocycles. The van der Waals surface area contributed by atoms with Gasteiger partial charge in [-0.3, -0.25) is 0 Å². The average Bonchev–Trinajstić information content (AvgIpc) is 2.56. The highest BCUT2D eigenvalue weighted by molar-refractivity contribution is 5.14. The zero-order valence-corrected chi connectivity index (χ0v) is 10.5. The molecule has 0 spiro atoms. The molecule has 0 bridgehead atoms. The summed E-state index contributed by atoms with van der Waals surface area (Å²) in [5.41, 5.74) is 0.656. The summed E-state index contributed by atoms with van der Waals surface area (Å²) in [5, 5.41) is 26.4. The van der Waals surface area contributed by atoms with Gasteiger partial charge >= 0.3 is 0 Å². The fourth-order valence-electron chi connectivity index (χ4n) is 1.55. The molecule has 0 unspecified atom stereocenters. The van der Waals surface area contributed by atoms with E-state index in [-0.39, 0.29) is 6.42 Å². The van der Waals surface area contributed by atoms with Crippen molar-refractivity contribution in [2.24, 2.45) is 0 Å². The van der Waals surface area contributed by atoms with Gasteiger partial charge in [0.05, 0.1) is 36.9 Å². The van der Waals surface area contributed by atoms with E-state index in [0.717, 1.165) is 5.69 Å². The summed E-state index contributed by atoms with van der Waals surface area (Å²) in [4.78, 5) is 0. The number of nitriles is 1. The average molecular weight is 238 g/mol. The van der Waals surface area contributed by atoms with E-state index in [2.05, 4.69) is 16.4 Å². The van der Waals surface area contributed by atoms with Gasteiger partial charge in [-0.25, -0.2) is 4.68 Å². The lowest BCUT2D eigenvalue weighted by Gasteiger charge is -2.18. The third-order valence-electron chi connectivity index (χ3n) is 2.24. The van der Waals surface area contributed by atoms with Crippen LogP contribution in [-0.4, -0.2) is 39.4 Å². The Hall–Kier alpha value is -1.45. The van der Waals surface area contributed by atoms with Crippen molar-refractivity contribution >= 4 is 0 Å². The van der Waals surface area contributed by atoms with Gasteiger partial charge in [0.25, 0.3) is 0 Å². The minimum atomic E-state index is -0.862. The van der Waals surface area contributed by atoms with Crippen molar-refractivity contribution in [3.63, 3.8) is 0 Å². The van der Waals surface area contributed by atoms with Gasteiger partial charge in [0.1, 0.15) is 5.69 Å². The second-order valence-corrected chi connectivity index (χ2v) is 4.53. The van der Waals surface area contributed by atoms with Gasteiger partial charge in [0, 0.05) is 13.5 Å². The standard InChI is InChI=1S/C11H18N4O2/c1-11(2,16)8-15-10(5-7-17-3)9(4-6-12)13-14-15/h16H,4-5,7-8H2,1-3H3. The summed E-state index contributed by atoms with van der Waals surface area (Å²) in [6.45, 7) is 4.31. The summed E-state index contributed by atoms with van der Waals surface area (Å²) in [7, 11) is 1.62. The van der Waals surface area contributed by atoms with Crippen molar-refractivity contribution < 1.29 is 9.84 Å². The molecule has 94 valence electrons. The molecule has 0 radical (unpaired) electrons. The van der Waals surface area contributed by atoms with Crippen LogP contribution in [0.3, 0.4) is 0 Å². The predicted octanol–water partition coefficient (Wildman–Crippen LogP) is 0.304. The van der Waals surface area contributed by atoms with E-state index < -0.39 is 5.60 Å². The first kappa shape index (κ1) is 13.6. The molecule has 1 aromatic heterocycles. The molecule has 0 amide bonds. The van der Waals surface area contributed by atoms with Crippen molar-refractivity contribution in [3.05, 3.63) is 11.4 Å². The van der Waals surface area contributed by atoms with Gasteiger partial charge in [-0.05, 0) is 13.8 Å². The summed E-state index contributed by atoms with van der Waals surface area (Å²) in [6.07, 6.45) is 0.863. The highest BCUT2D eigenvalue weighted by Crippen LogP contribution is 2.12. The molecule has 0 aliphatic heterocycles. The smallest absolute Gasteiger partial charge is 0.100 e. The second-order valence-electron chi connectivity index (χ2n) is 4.53. The molecule has 1 N–H and O–H groups in total. The number of nitrogens with zero attached hydrogens (tertiary/aromatic N) is 4. The minimum Gasteiger partial charge on any atom is -0.389 e. The summed E-state index contributed by atoms with van der Waals surface area (Å²) >= 11 is 0. The van der Waals surface area contributed by atoms with E-state index in [4.69, 9.17) is 10.00 Å². The maximum Gasteiger partial charge on any atom is 0.100 e. The van der Waals surface area contributed by atoms with Gasteiger partial charge in [-0.1, -0.05) is 5.21 Å². The van der Waals surface area contributed by atoms with E-state index >= 15 is 0 Å². The molecule has 0 fully saturated rings. The molecule has 0 saturated heterocycles. The fourth-order valence-corrected chi connectivity index (χ4v) is 1.55. The highest BCUT2D eigenvalue weighted by Gasteiger charge is 2.19. The third kappa shape index (κ3) is 4.13. The zero-order valence-electron chi connectivity index (χ0n) is 10.5. The maximum atomic E-state index is 9.78. The van der Waals surface area contributed by atoms with Gasteiger partial charge < -0.3 is 9.84 Å². The van der Waals surface area contributed by atoms with Crippen molar-refractivity contribution in [2.75, 3.05) is 13.7 Å². The Bertz CT molecular complexity index is 401. The number of hydrogen-bond acceptors (Lipinski definition) is 5. The quantitative estimate of drug-likeness (QED) is 0.770. The van der Waals surface area contributed by atoms with E-state index in [9.17, 15) is 5.11 Å². The van der Waals surface area contributed by atoms with Crippen LogP contribution in [0.15, 0.2) is 0 Å². The Morgan fingerprint density at radius 1 is 1.53 bits per heavy atom. The van der Waals surface area contributed by atoms with Crippen LogP contribution in [0.4, 0.5) is 0 Å². The van der Waals surface area contributed by atoms with Crippen molar-refractivity contribution in [2.45, 2.75) is 38.8 Å². The van der Waals surface area contributed by atoms with Crippen LogP contribution < -0.4 is 0 Å². The Labute approximate surface area is 101 Å². The first-order valence-corrected chi connectivity index (χ1v) is 5.47. The predicted molar refractivity (Wildman–Crippen MR) is 61.2 cm³/mol. The number of rotatable bonds is 6. The lowest BCUT2D eigenvalue weighted by Crippen LogP contribution is -2.28. The van der Waals surface area contributed by atoms with Crippen LogP contribution in [0.2, 0.25) is 0 Å². The summed E-state index contributed by atoms with van der Waals surface area (Å²) < 4.78 is 6.66. The largest absolute Gasteiger partial charge is 0.389 e. The van der Waals surface area contributed by atoms with Crippen LogP contribution in [0, 0.1) is 11.3 Å². The van der Waals surface area contributed by atoms with Crippen molar-refractivity contribution in [3.8, 4) is 6.07 Å². The third-order valence-corrected chi connectivity index (χ3v) is 2.24. The maximum absolute atomic E-state index is 9.78. The molecule has 1 rings (SSSR count). The number of hydrogen-bond donors (Lipinski definition) is 1. The molecule has 1 aromatic rings. The normalized spacial score (nSPS) is 11.5. The molecular weight excluding hydrogens is 220 g/mol. The van der Waals surface area contributed by atoms with E-state index in [0.29, 0.717) is 25.3 Å². The van der Waals surface area contributed by atoms with Crippen molar-refractivity contribution in [1.29, 1.82) is 5.26 Å². The van der Waals surface area contributed by atoms with Crippen LogP contribution in [0.25, 0.3) is 0 Å². The van der Waals surface area contributed by atoms with Crippen LogP contribution in [0.1, 0.15) is 25.2 Å². The number of methoxy groups -OCH3 is 1. The molecule has 6 heteroatoms. The van der Waals surface area contributed by atoms with Crippen molar-refractivity contribution in [1.82, 2.24) is 15.0 Å². The van der Waals surface area contributed by atoms with Crippen LogP contribution in [-0.2, 0) is 24.1 Å². The van der Waals surface area contributed by atoms with E-state index in [1.807, 2.05) is 0 Å². The molecule has 6 nitrogen and oxygen atoms in total. The van der Waals surface area contributed by atoms with Gasteiger partial charge in [-0.15, -0.1) is 5.10 Å². The first-order chi connectivity index (χ1) is 7.98. The molecular formula is C11H18N4O2. The van der Waals surface area contributed by atoms with E-state index in [1.54, 1.807) is 25.6 Å². The lowest BCUT2D eigenvalue weighted by molar-refractivity contribution is 0.0558. The van der Waals surface area contributed by atoms with Crippen LogP contribution >= 0.6 is 0 Å². The van der Waals surface area contributed by atoms with E-state index in [1.165, 1.54) is 0 Å². The molecule has 0 saturated carbocycles. The number of aromatic nitrogens is 3. The molecule has 17 heavy (non-hydrogen) atoms.